The van der Waals surface area contributed by atoms with Crippen LogP contribution < -0.4 is 10.6 Å². The highest BCUT2D eigenvalue weighted by Gasteiger charge is 2.21. The van der Waals surface area contributed by atoms with E-state index in [1.165, 1.54) is 12.8 Å². The largest absolute Gasteiger partial charge is 0.350 e. The lowest BCUT2D eigenvalue weighted by molar-refractivity contribution is 0.0943. The summed E-state index contributed by atoms with van der Waals surface area (Å²) in [7, 11) is 0. The highest BCUT2D eigenvalue weighted by Crippen LogP contribution is 2.14. The first-order chi connectivity index (χ1) is 8.66. The summed E-state index contributed by atoms with van der Waals surface area (Å²) >= 11 is 0. The number of carbonyl (C=O) groups is 1. The van der Waals surface area contributed by atoms with E-state index < -0.39 is 0 Å². The Balaban J connectivity index is 1.88. The van der Waals surface area contributed by atoms with Crippen molar-refractivity contribution in [3.63, 3.8) is 0 Å². The lowest BCUT2D eigenvalue weighted by atomic mass is 9.93. The summed E-state index contributed by atoms with van der Waals surface area (Å²) in [6, 6.07) is 8.12. The molecule has 0 saturated carbocycles. The molecule has 1 aromatic carbocycles. The summed E-state index contributed by atoms with van der Waals surface area (Å²) < 4.78 is 0. The molecule has 1 aliphatic heterocycles. The van der Waals surface area contributed by atoms with Crippen LogP contribution in [0, 0.1) is 12.8 Å². The molecule has 0 radical (unpaired) electrons. The Hall–Kier alpha value is -1.35. The molecule has 0 spiro atoms. The lowest BCUT2D eigenvalue weighted by Gasteiger charge is -2.30. The van der Waals surface area contributed by atoms with E-state index in [2.05, 4.69) is 17.6 Å². The Labute approximate surface area is 109 Å². The first kappa shape index (κ1) is 13.1. The minimum Gasteiger partial charge on any atom is -0.350 e. The molecule has 0 aliphatic carbocycles. The van der Waals surface area contributed by atoms with Crippen LogP contribution in [0.2, 0.25) is 0 Å². The number of benzene rings is 1. The Bertz CT molecular complexity index is 417. The standard InChI is InChI=1S/C15H22N2O/c1-11-5-3-7-13(9-11)15(18)17-10-14-12(2)6-4-8-16-14/h3,5,7,9,12,14,16H,4,6,8,10H2,1-2H3,(H,17,18). The quantitative estimate of drug-likeness (QED) is 0.857. The van der Waals surface area contributed by atoms with Gasteiger partial charge in [0.15, 0.2) is 0 Å². The molecule has 3 nitrogen and oxygen atoms in total. The van der Waals surface area contributed by atoms with E-state index in [9.17, 15) is 4.79 Å². The van der Waals surface area contributed by atoms with E-state index in [0.717, 1.165) is 17.7 Å². The van der Waals surface area contributed by atoms with Gasteiger partial charge in [0.25, 0.3) is 5.91 Å². The fourth-order valence-corrected chi connectivity index (χ4v) is 2.48. The number of piperidine rings is 1. The van der Waals surface area contributed by atoms with Gasteiger partial charge in [0.1, 0.15) is 0 Å². The maximum absolute atomic E-state index is 12.0. The predicted octanol–water partition coefficient (Wildman–Crippen LogP) is 2.11. The summed E-state index contributed by atoms with van der Waals surface area (Å²) in [5.74, 6) is 0.662. The zero-order valence-electron chi connectivity index (χ0n) is 11.2. The molecule has 1 heterocycles. The molecule has 1 fully saturated rings. The van der Waals surface area contributed by atoms with Crippen molar-refractivity contribution in [1.82, 2.24) is 10.6 Å². The van der Waals surface area contributed by atoms with Crippen molar-refractivity contribution in [1.29, 1.82) is 0 Å². The van der Waals surface area contributed by atoms with Gasteiger partial charge < -0.3 is 10.6 Å². The average Bonchev–Trinajstić information content (AvgIpc) is 2.37. The van der Waals surface area contributed by atoms with E-state index in [1.807, 2.05) is 31.2 Å². The number of carbonyl (C=O) groups excluding carboxylic acids is 1. The van der Waals surface area contributed by atoms with E-state index in [4.69, 9.17) is 0 Å². The zero-order chi connectivity index (χ0) is 13.0. The van der Waals surface area contributed by atoms with Crippen LogP contribution in [0.25, 0.3) is 0 Å². The average molecular weight is 246 g/mol. The van der Waals surface area contributed by atoms with Crippen LogP contribution >= 0.6 is 0 Å². The second-order valence-corrected chi connectivity index (χ2v) is 5.26. The maximum Gasteiger partial charge on any atom is 0.251 e. The Morgan fingerprint density at radius 1 is 1.50 bits per heavy atom. The summed E-state index contributed by atoms with van der Waals surface area (Å²) in [6.07, 6.45) is 2.49. The van der Waals surface area contributed by atoms with Crippen LogP contribution in [0.3, 0.4) is 0 Å². The van der Waals surface area contributed by atoms with Gasteiger partial charge in [0.2, 0.25) is 0 Å². The van der Waals surface area contributed by atoms with E-state index in [0.29, 0.717) is 18.5 Å². The molecule has 2 rings (SSSR count). The summed E-state index contributed by atoms with van der Waals surface area (Å²) in [4.78, 5) is 12.0. The molecule has 2 atom stereocenters. The molecule has 2 N–H and O–H groups in total. The van der Waals surface area contributed by atoms with Gasteiger partial charge in [-0.2, -0.15) is 0 Å². The van der Waals surface area contributed by atoms with Gasteiger partial charge in [-0.25, -0.2) is 0 Å². The highest BCUT2D eigenvalue weighted by molar-refractivity contribution is 5.94. The monoisotopic (exact) mass is 246 g/mol. The van der Waals surface area contributed by atoms with Gasteiger partial charge in [-0.05, 0) is 44.4 Å². The van der Waals surface area contributed by atoms with E-state index >= 15 is 0 Å². The zero-order valence-corrected chi connectivity index (χ0v) is 11.2. The van der Waals surface area contributed by atoms with Crippen molar-refractivity contribution in [3.05, 3.63) is 35.4 Å². The summed E-state index contributed by atoms with van der Waals surface area (Å²) in [6.45, 7) is 6.03. The van der Waals surface area contributed by atoms with Gasteiger partial charge in [-0.3, -0.25) is 4.79 Å². The molecule has 1 amide bonds. The van der Waals surface area contributed by atoms with Crippen LogP contribution in [0.5, 0.6) is 0 Å². The second kappa shape index (κ2) is 6.01. The molecular formula is C15H22N2O. The van der Waals surface area contributed by atoms with E-state index in [-0.39, 0.29) is 5.91 Å². The van der Waals surface area contributed by atoms with Gasteiger partial charge in [0.05, 0.1) is 0 Å². The molecule has 1 aliphatic rings. The first-order valence-electron chi connectivity index (χ1n) is 6.75. The molecular weight excluding hydrogens is 224 g/mol. The third kappa shape index (κ3) is 3.33. The molecule has 1 saturated heterocycles. The van der Waals surface area contributed by atoms with Crippen LogP contribution in [0.1, 0.15) is 35.7 Å². The smallest absolute Gasteiger partial charge is 0.251 e. The molecule has 2 unspecified atom stereocenters. The normalized spacial score (nSPS) is 23.7. The number of rotatable bonds is 3. The van der Waals surface area contributed by atoms with Crippen molar-refractivity contribution in [2.24, 2.45) is 5.92 Å². The number of hydrogen-bond acceptors (Lipinski definition) is 2. The van der Waals surface area contributed by atoms with Gasteiger partial charge >= 0.3 is 0 Å². The molecule has 0 bridgehead atoms. The Morgan fingerprint density at radius 3 is 3.06 bits per heavy atom. The first-order valence-corrected chi connectivity index (χ1v) is 6.75. The highest BCUT2D eigenvalue weighted by atomic mass is 16.1. The lowest BCUT2D eigenvalue weighted by Crippen LogP contribution is -2.47. The summed E-state index contributed by atoms with van der Waals surface area (Å²) in [5.41, 5.74) is 1.87. The number of hydrogen-bond donors (Lipinski definition) is 2. The molecule has 0 aromatic heterocycles. The minimum atomic E-state index is 0.0262. The van der Waals surface area contributed by atoms with Crippen LogP contribution in [0.4, 0.5) is 0 Å². The van der Waals surface area contributed by atoms with Gasteiger partial charge in [0, 0.05) is 18.2 Å². The maximum atomic E-state index is 12.0. The number of nitrogens with one attached hydrogen (secondary N) is 2. The van der Waals surface area contributed by atoms with Crippen LogP contribution in [-0.4, -0.2) is 25.0 Å². The predicted molar refractivity (Wildman–Crippen MR) is 73.7 cm³/mol. The Morgan fingerprint density at radius 2 is 2.33 bits per heavy atom. The van der Waals surface area contributed by atoms with Crippen molar-refractivity contribution >= 4 is 5.91 Å². The van der Waals surface area contributed by atoms with Crippen molar-refractivity contribution in [2.45, 2.75) is 32.7 Å². The Kier molecular flexibility index (Phi) is 4.37. The molecule has 1 aromatic rings. The van der Waals surface area contributed by atoms with Crippen LogP contribution in [0.15, 0.2) is 24.3 Å². The summed E-state index contributed by atoms with van der Waals surface area (Å²) in [5, 5.41) is 6.50. The number of aryl methyl sites for hydroxylation is 1. The van der Waals surface area contributed by atoms with E-state index in [1.54, 1.807) is 0 Å². The third-order valence-corrected chi connectivity index (χ3v) is 3.69. The van der Waals surface area contributed by atoms with Crippen molar-refractivity contribution in [2.75, 3.05) is 13.1 Å². The third-order valence-electron chi connectivity index (χ3n) is 3.69. The fourth-order valence-electron chi connectivity index (χ4n) is 2.48. The number of amides is 1. The molecule has 18 heavy (non-hydrogen) atoms. The molecule has 3 heteroatoms. The van der Waals surface area contributed by atoms with Crippen molar-refractivity contribution < 1.29 is 4.79 Å². The van der Waals surface area contributed by atoms with Crippen LogP contribution in [-0.2, 0) is 0 Å². The van der Waals surface area contributed by atoms with Gasteiger partial charge in [-0.15, -0.1) is 0 Å². The SMILES string of the molecule is Cc1cccc(C(=O)NCC2NCCCC2C)c1. The topological polar surface area (TPSA) is 41.1 Å². The second-order valence-electron chi connectivity index (χ2n) is 5.26. The fraction of sp³-hybridized carbons (Fsp3) is 0.533. The minimum absolute atomic E-state index is 0.0262. The van der Waals surface area contributed by atoms with Crippen molar-refractivity contribution in [3.8, 4) is 0 Å². The van der Waals surface area contributed by atoms with Gasteiger partial charge in [-0.1, -0.05) is 24.6 Å². The molecule has 98 valence electrons.